The maximum Gasteiger partial charge on any atom is 0.352 e. The van der Waals surface area contributed by atoms with E-state index in [-0.39, 0.29) is 26.0 Å². The Balaban J connectivity index is 1.50. The Morgan fingerprint density at radius 1 is 1.24 bits per heavy atom. The molecule has 1 amide bonds. The van der Waals surface area contributed by atoms with E-state index in [0.717, 1.165) is 4.90 Å². The number of halogens is 2. The number of alkyl halides is 2. The standard InChI is InChI=1S/C25H33F2N3O4/c1-22(2)14-23(3,4)16-24(32,15-22)25(26,27)21(31)30-11-7-8-19(30)18-12-17(34-29-18)13-33-20-9-5-6-10-28-20/h5-6,9-10,12,19,32H,7-8,11,13-16H2,1-4H3/t19-/m0/s1. The van der Waals surface area contributed by atoms with E-state index < -0.39 is 34.3 Å². The highest BCUT2D eigenvalue weighted by molar-refractivity contribution is 5.85. The van der Waals surface area contributed by atoms with Crippen molar-refractivity contribution in [2.75, 3.05) is 6.54 Å². The summed E-state index contributed by atoms with van der Waals surface area (Å²) in [6.07, 6.45) is 3.07. The summed E-state index contributed by atoms with van der Waals surface area (Å²) in [7, 11) is 0. The number of likely N-dealkylation sites (tertiary alicyclic amines) is 1. The second-order valence-corrected chi connectivity index (χ2v) is 11.3. The first kappa shape index (κ1) is 24.6. The van der Waals surface area contributed by atoms with Crippen LogP contribution in [0.1, 0.15) is 77.3 Å². The first-order valence-corrected chi connectivity index (χ1v) is 11.7. The highest BCUT2D eigenvalue weighted by Crippen LogP contribution is 2.55. The van der Waals surface area contributed by atoms with Crippen LogP contribution in [-0.2, 0) is 11.4 Å². The number of aromatic nitrogens is 2. The molecule has 2 aromatic rings. The number of carbonyl (C=O) groups is 1. The number of rotatable bonds is 6. The minimum absolute atomic E-state index is 0.0742. The van der Waals surface area contributed by atoms with Gasteiger partial charge in [0.15, 0.2) is 12.4 Å². The summed E-state index contributed by atoms with van der Waals surface area (Å²) in [4.78, 5) is 18.4. The Kier molecular flexibility index (Phi) is 6.21. The first-order chi connectivity index (χ1) is 15.8. The molecule has 9 heteroatoms. The predicted molar refractivity (Wildman–Crippen MR) is 120 cm³/mol. The quantitative estimate of drug-likeness (QED) is 0.636. The highest BCUT2D eigenvalue weighted by atomic mass is 19.3. The zero-order valence-corrected chi connectivity index (χ0v) is 20.2. The van der Waals surface area contributed by atoms with Gasteiger partial charge in [0.25, 0.3) is 5.91 Å². The molecule has 0 aromatic carbocycles. The van der Waals surface area contributed by atoms with Gasteiger partial charge in [-0.25, -0.2) is 4.98 Å². The van der Waals surface area contributed by atoms with Gasteiger partial charge in [-0.15, -0.1) is 0 Å². The van der Waals surface area contributed by atoms with Crippen molar-refractivity contribution >= 4 is 5.91 Å². The van der Waals surface area contributed by atoms with Crippen LogP contribution in [0.2, 0.25) is 0 Å². The zero-order chi connectivity index (χ0) is 24.8. The van der Waals surface area contributed by atoms with E-state index in [1.54, 1.807) is 30.5 Å². The molecule has 1 aliphatic carbocycles. The molecule has 1 aliphatic heterocycles. The molecular formula is C25H33F2N3O4. The number of hydrogen-bond donors (Lipinski definition) is 1. The molecule has 0 unspecified atom stereocenters. The number of ether oxygens (including phenoxy) is 1. The summed E-state index contributed by atoms with van der Waals surface area (Å²) in [6, 6.07) is 6.25. The number of nitrogens with zero attached hydrogens (tertiary/aromatic N) is 3. The van der Waals surface area contributed by atoms with Crippen LogP contribution in [0.3, 0.4) is 0 Å². The Bertz CT molecular complexity index is 1010. The number of aliphatic hydroxyl groups is 1. The van der Waals surface area contributed by atoms with Gasteiger partial charge in [-0.1, -0.05) is 38.9 Å². The molecule has 3 heterocycles. The monoisotopic (exact) mass is 477 g/mol. The molecule has 1 saturated heterocycles. The van der Waals surface area contributed by atoms with Crippen molar-refractivity contribution in [3.05, 3.63) is 41.9 Å². The summed E-state index contributed by atoms with van der Waals surface area (Å²) < 4.78 is 42.3. The third-order valence-electron chi connectivity index (χ3n) is 6.78. The predicted octanol–water partition coefficient (Wildman–Crippen LogP) is 4.91. The molecule has 186 valence electrons. The van der Waals surface area contributed by atoms with E-state index in [9.17, 15) is 9.90 Å². The van der Waals surface area contributed by atoms with Crippen molar-refractivity contribution in [1.29, 1.82) is 0 Å². The fraction of sp³-hybridized carbons (Fsp3) is 0.640. The van der Waals surface area contributed by atoms with Gasteiger partial charge in [0.2, 0.25) is 5.88 Å². The molecule has 1 saturated carbocycles. The topological polar surface area (TPSA) is 88.7 Å². The minimum atomic E-state index is -3.92. The van der Waals surface area contributed by atoms with Crippen LogP contribution in [0.25, 0.3) is 0 Å². The molecule has 0 radical (unpaired) electrons. The van der Waals surface area contributed by atoms with E-state index in [4.69, 9.17) is 9.26 Å². The lowest BCUT2D eigenvalue weighted by molar-refractivity contribution is -0.231. The second-order valence-electron chi connectivity index (χ2n) is 11.3. The van der Waals surface area contributed by atoms with Gasteiger partial charge in [0.05, 0.1) is 6.04 Å². The van der Waals surface area contributed by atoms with Crippen LogP contribution in [-0.4, -0.2) is 44.1 Å². The highest BCUT2D eigenvalue weighted by Gasteiger charge is 2.65. The number of amides is 1. The maximum absolute atomic E-state index is 15.7. The van der Waals surface area contributed by atoms with Gasteiger partial charge in [-0.05, 0) is 49.0 Å². The molecule has 0 spiro atoms. The Labute approximate surface area is 198 Å². The van der Waals surface area contributed by atoms with Crippen molar-refractivity contribution in [3.8, 4) is 5.88 Å². The Morgan fingerprint density at radius 2 is 1.94 bits per heavy atom. The average molecular weight is 478 g/mol. The Hall–Kier alpha value is -2.55. The lowest BCUT2D eigenvalue weighted by Crippen LogP contribution is -2.62. The third kappa shape index (κ3) is 4.80. The molecular weight excluding hydrogens is 444 g/mol. The van der Waals surface area contributed by atoms with Gasteiger partial charge in [-0.3, -0.25) is 4.79 Å². The van der Waals surface area contributed by atoms with Gasteiger partial charge in [0.1, 0.15) is 11.3 Å². The fourth-order valence-corrected chi connectivity index (χ4v) is 6.12. The molecule has 2 aromatic heterocycles. The molecule has 4 rings (SSSR count). The van der Waals surface area contributed by atoms with Crippen LogP contribution < -0.4 is 4.74 Å². The SMILES string of the molecule is CC1(C)CC(C)(C)CC(O)(C(F)(F)C(=O)N2CCC[C@H]2c2cc(COc3ccccn3)on2)C1. The molecule has 0 bridgehead atoms. The summed E-state index contributed by atoms with van der Waals surface area (Å²) in [5.41, 5.74) is -3.04. The van der Waals surface area contributed by atoms with Gasteiger partial charge in [-0.2, -0.15) is 8.78 Å². The van der Waals surface area contributed by atoms with E-state index >= 15 is 8.78 Å². The molecule has 1 N–H and O–H groups in total. The number of pyridine rings is 1. The smallest absolute Gasteiger partial charge is 0.352 e. The second kappa shape index (κ2) is 8.59. The largest absolute Gasteiger partial charge is 0.469 e. The molecule has 1 atom stereocenters. The van der Waals surface area contributed by atoms with Crippen LogP contribution in [0.5, 0.6) is 5.88 Å². The van der Waals surface area contributed by atoms with E-state index in [2.05, 4.69) is 10.1 Å². The van der Waals surface area contributed by atoms with Gasteiger partial charge < -0.3 is 19.3 Å². The molecule has 7 nitrogen and oxygen atoms in total. The van der Waals surface area contributed by atoms with Crippen LogP contribution >= 0.6 is 0 Å². The van der Waals surface area contributed by atoms with E-state index in [0.29, 0.717) is 36.6 Å². The van der Waals surface area contributed by atoms with Crippen LogP contribution in [0.4, 0.5) is 8.78 Å². The Morgan fingerprint density at radius 3 is 2.59 bits per heavy atom. The van der Waals surface area contributed by atoms with Crippen molar-refractivity contribution in [2.45, 2.75) is 84.0 Å². The summed E-state index contributed by atoms with van der Waals surface area (Å²) >= 11 is 0. The zero-order valence-electron chi connectivity index (χ0n) is 20.2. The minimum Gasteiger partial charge on any atom is -0.469 e. The van der Waals surface area contributed by atoms with Crippen molar-refractivity contribution in [2.24, 2.45) is 10.8 Å². The lowest BCUT2D eigenvalue weighted by Gasteiger charge is -2.51. The van der Waals surface area contributed by atoms with Crippen molar-refractivity contribution < 1.29 is 27.9 Å². The summed E-state index contributed by atoms with van der Waals surface area (Å²) in [6.45, 7) is 7.70. The van der Waals surface area contributed by atoms with Gasteiger partial charge in [0, 0.05) is 24.9 Å². The average Bonchev–Trinajstić information content (AvgIpc) is 3.39. The lowest BCUT2D eigenvalue weighted by atomic mass is 9.58. The maximum atomic E-state index is 15.7. The van der Waals surface area contributed by atoms with Crippen molar-refractivity contribution in [1.82, 2.24) is 15.0 Å². The van der Waals surface area contributed by atoms with E-state index in [1.807, 2.05) is 27.7 Å². The van der Waals surface area contributed by atoms with Crippen LogP contribution in [0, 0.1) is 10.8 Å². The molecule has 2 fully saturated rings. The fourth-order valence-electron chi connectivity index (χ4n) is 6.12. The molecule has 34 heavy (non-hydrogen) atoms. The molecule has 2 aliphatic rings. The van der Waals surface area contributed by atoms with Crippen molar-refractivity contribution in [3.63, 3.8) is 0 Å². The third-order valence-corrected chi connectivity index (χ3v) is 6.78. The van der Waals surface area contributed by atoms with Gasteiger partial charge >= 0.3 is 5.92 Å². The number of hydrogen-bond acceptors (Lipinski definition) is 6. The summed E-state index contributed by atoms with van der Waals surface area (Å²) in [5, 5.41) is 15.2. The number of carbonyl (C=O) groups excluding carboxylic acids is 1. The van der Waals surface area contributed by atoms with E-state index in [1.165, 1.54) is 0 Å². The normalized spacial score (nSPS) is 23.6. The summed E-state index contributed by atoms with van der Waals surface area (Å²) in [5.74, 6) is -4.44. The first-order valence-electron chi connectivity index (χ1n) is 11.7. The van der Waals surface area contributed by atoms with Crippen LogP contribution in [0.15, 0.2) is 35.0 Å².